The fourth-order valence-electron chi connectivity index (χ4n) is 4.03. The minimum Gasteiger partial charge on any atom is -0.378 e. The molecule has 11 nitrogen and oxygen atoms in total. The Kier molecular flexibility index (Phi) is 7.87. The van der Waals surface area contributed by atoms with Crippen LogP contribution >= 0.6 is 22.9 Å². The number of thiophene rings is 1. The third-order valence-corrected chi connectivity index (χ3v) is 8.41. The number of amides is 2. The van der Waals surface area contributed by atoms with Gasteiger partial charge in [-0.2, -0.15) is 4.98 Å². The summed E-state index contributed by atoms with van der Waals surface area (Å²) in [6, 6.07) is 1.71. The van der Waals surface area contributed by atoms with E-state index < -0.39 is 28.0 Å². The summed E-state index contributed by atoms with van der Waals surface area (Å²) >= 11 is 7.23. The van der Waals surface area contributed by atoms with Gasteiger partial charge in [0.15, 0.2) is 5.82 Å². The highest BCUT2D eigenvalue weighted by atomic mass is 35.5. The van der Waals surface area contributed by atoms with Crippen molar-refractivity contribution in [1.82, 2.24) is 24.7 Å². The number of morpholine rings is 1. The molecule has 0 aliphatic carbocycles. The quantitative estimate of drug-likeness (QED) is 0.497. The maximum Gasteiger partial charge on any atom is 0.246 e. The van der Waals surface area contributed by atoms with Crippen molar-refractivity contribution >= 4 is 44.8 Å². The Morgan fingerprint density at radius 2 is 2.09 bits per heavy atom. The lowest BCUT2D eigenvalue weighted by Gasteiger charge is -2.34. The Labute approximate surface area is 206 Å². The number of rotatable bonds is 9. The van der Waals surface area contributed by atoms with Crippen molar-refractivity contribution in [1.29, 1.82) is 0 Å². The van der Waals surface area contributed by atoms with Crippen LogP contribution in [0.15, 0.2) is 16.7 Å². The molecule has 2 aromatic heterocycles. The molecular weight excluding hydrogens is 506 g/mol. The zero-order chi connectivity index (χ0) is 24.3. The summed E-state index contributed by atoms with van der Waals surface area (Å²) in [4.78, 5) is 34.6. The normalized spacial score (nSPS) is 20.2. The monoisotopic (exact) mass is 531 g/mol. The standard InChI is InChI=1S/C20H26ClN5O6S2/c1-13-22-18(32-23-13)12-16(20(28)25-7-9-31-10-8-25)26-6-4-15(19(26)27)24-34(29,30)11-5-14-2-3-17(21)33-14/h2-3,15-16,24H,4-12H2,1H3/t15-,16-/m0/s1. The Morgan fingerprint density at radius 3 is 2.74 bits per heavy atom. The van der Waals surface area contributed by atoms with Gasteiger partial charge in [0.2, 0.25) is 27.7 Å². The first-order valence-corrected chi connectivity index (χ1v) is 13.8. The number of nitrogens with zero attached hydrogens (tertiary/aromatic N) is 4. The number of aryl methyl sites for hydroxylation is 2. The van der Waals surface area contributed by atoms with Crippen LogP contribution in [0.25, 0.3) is 0 Å². The van der Waals surface area contributed by atoms with E-state index in [1.165, 1.54) is 16.2 Å². The molecule has 4 rings (SSSR count). The van der Waals surface area contributed by atoms with Crippen LogP contribution in [0.3, 0.4) is 0 Å². The Balaban J connectivity index is 1.44. The summed E-state index contributed by atoms with van der Waals surface area (Å²) in [5.74, 6) is -0.171. The molecule has 2 saturated heterocycles. The smallest absolute Gasteiger partial charge is 0.246 e. The van der Waals surface area contributed by atoms with Crippen molar-refractivity contribution in [3.05, 3.63) is 33.1 Å². The first kappa shape index (κ1) is 25.0. The van der Waals surface area contributed by atoms with Crippen molar-refractivity contribution in [3.8, 4) is 0 Å². The largest absolute Gasteiger partial charge is 0.378 e. The second-order valence-electron chi connectivity index (χ2n) is 8.16. The number of sulfonamides is 1. The molecule has 2 aliphatic rings. The lowest BCUT2D eigenvalue weighted by atomic mass is 10.1. The second kappa shape index (κ2) is 10.7. The number of hydrogen-bond donors (Lipinski definition) is 1. The maximum absolute atomic E-state index is 13.3. The number of ether oxygens (including phenoxy) is 1. The van der Waals surface area contributed by atoms with E-state index in [4.69, 9.17) is 20.9 Å². The van der Waals surface area contributed by atoms with E-state index in [1.807, 2.05) is 0 Å². The summed E-state index contributed by atoms with van der Waals surface area (Å²) in [7, 11) is -3.72. The van der Waals surface area contributed by atoms with E-state index in [9.17, 15) is 18.0 Å². The number of carbonyl (C=O) groups is 2. The number of hydrogen-bond acceptors (Lipinski definition) is 9. The Bertz CT molecular complexity index is 1130. The molecule has 4 heterocycles. The molecule has 0 unspecified atom stereocenters. The second-order valence-corrected chi connectivity index (χ2v) is 11.8. The van der Waals surface area contributed by atoms with Gasteiger partial charge < -0.3 is 19.1 Å². The molecule has 14 heteroatoms. The Morgan fingerprint density at radius 1 is 1.32 bits per heavy atom. The van der Waals surface area contributed by atoms with Gasteiger partial charge in [-0.25, -0.2) is 13.1 Å². The van der Waals surface area contributed by atoms with Crippen LogP contribution in [-0.4, -0.2) is 90.9 Å². The van der Waals surface area contributed by atoms with Gasteiger partial charge in [0.1, 0.15) is 12.1 Å². The van der Waals surface area contributed by atoms with Crippen LogP contribution < -0.4 is 4.72 Å². The molecule has 2 amide bonds. The molecule has 34 heavy (non-hydrogen) atoms. The molecule has 186 valence electrons. The molecule has 0 saturated carbocycles. The minimum absolute atomic E-state index is 0.0569. The first-order valence-electron chi connectivity index (χ1n) is 10.9. The summed E-state index contributed by atoms with van der Waals surface area (Å²) in [5, 5.41) is 3.76. The highest BCUT2D eigenvalue weighted by Crippen LogP contribution is 2.23. The minimum atomic E-state index is -3.72. The predicted molar refractivity (Wildman–Crippen MR) is 124 cm³/mol. The lowest BCUT2D eigenvalue weighted by molar-refractivity contribution is -0.146. The first-order chi connectivity index (χ1) is 16.2. The van der Waals surface area contributed by atoms with Crippen molar-refractivity contribution in [2.75, 3.05) is 38.6 Å². The number of aromatic nitrogens is 2. The van der Waals surface area contributed by atoms with Crippen LogP contribution in [0.4, 0.5) is 0 Å². The van der Waals surface area contributed by atoms with Gasteiger partial charge in [-0.1, -0.05) is 16.8 Å². The van der Waals surface area contributed by atoms with E-state index in [0.717, 1.165) is 4.88 Å². The molecule has 0 bridgehead atoms. The predicted octanol–water partition coefficient (Wildman–Crippen LogP) is 0.626. The molecule has 2 fully saturated rings. The van der Waals surface area contributed by atoms with Crippen molar-refractivity contribution in [2.45, 2.75) is 38.3 Å². The van der Waals surface area contributed by atoms with Gasteiger partial charge in [-0.3, -0.25) is 9.59 Å². The third-order valence-electron chi connectivity index (χ3n) is 5.73. The number of carbonyl (C=O) groups excluding carboxylic acids is 2. The third kappa shape index (κ3) is 6.13. The molecule has 1 N–H and O–H groups in total. The topological polar surface area (TPSA) is 135 Å². The lowest BCUT2D eigenvalue weighted by Crippen LogP contribution is -2.54. The zero-order valence-corrected chi connectivity index (χ0v) is 21.0. The van der Waals surface area contributed by atoms with Gasteiger partial charge in [0, 0.05) is 24.5 Å². The molecule has 2 aromatic rings. The van der Waals surface area contributed by atoms with Crippen LogP contribution in [-0.2, 0) is 37.2 Å². The van der Waals surface area contributed by atoms with E-state index in [0.29, 0.717) is 42.9 Å². The van der Waals surface area contributed by atoms with Gasteiger partial charge >= 0.3 is 0 Å². The zero-order valence-electron chi connectivity index (χ0n) is 18.6. The summed E-state index contributed by atoms with van der Waals surface area (Å²) in [6.07, 6.45) is 0.617. The van der Waals surface area contributed by atoms with E-state index >= 15 is 0 Å². The SMILES string of the molecule is Cc1noc(C[C@@H](C(=O)N2CCOCC2)N2CC[C@H](NS(=O)(=O)CCc3ccc(Cl)s3)C2=O)n1. The van der Waals surface area contributed by atoms with Crippen molar-refractivity contribution in [3.63, 3.8) is 0 Å². The molecule has 2 atom stereocenters. The fourth-order valence-corrected chi connectivity index (χ4v) is 6.51. The number of likely N-dealkylation sites (tertiary alicyclic amines) is 1. The van der Waals surface area contributed by atoms with Crippen LogP contribution in [0.2, 0.25) is 4.34 Å². The van der Waals surface area contributed by atoms with Crippen LogP contribution in [0.1, 0.15) is 23.0 Å². The van der Waals surface area contributed by atoms with Gasteiger partial charge in [0.05, 0.1) is 29.7 Å². The van der Waals surface area contributed by atoms with Gasteiger partial charge in [-0.05, 0) is 31.9 Å². The molecular formula is C20H26ClN5O6S2. The molecule has 0 radical (unpaired) electrons. The summed E-state index contributed by atoms with van der Waals surface area (Å²) < 4.78 is 38.9. The van der Waals surface area contributed by atoms with Crippen LogP contribution in [0, 0.1) is 6.92 Å². The van der Waals surface area contributed by atoms with E-state index in [2.05, 4.69) is 14.9 Å². The Hall–Kier alpha value is -2.06. The highest BCUT2D eigenvalue weighted by molar-refractivity contribution is 7.89. The van der Waals surface area contributed by atoms with Crippen molar-refractivity contribution in [2.24, 2.45) is 0 Å². The number of nitrogens with one attached hydrogen (secondary N) is 1. The summed E-state index contributed by atoms with van der Waals surface area (Å²) in [5.41, 5.74) is 0. The average molecular weight is 532 g/mol. The van der Waals surface area contributed by atoms with Gasteiger partial charge in [-0.15, -0.1) is 11.3 Å². The van der Waals surface area contributed by atoms with E-state index in [-0.39, 0.29) is 36.9 Å². The fraction of sp³-hybridized carbons (Fsp3) is 0.600. The average Bonchev–Trinajstić information content (AvgIpc) is 3.52. The molecule has 2 aliphatic heterocycles. The highest BCUT2D eigenvalue weighted by Gasteiger charge is 2.42. The van der Waals surface area contributed by atoms with Gasteiger partial charge in [0.25, 0.3) is 0 Å². The summed E-state index contributed by atoms with van der Waals surface area (Å²) in [6.45, 7) is 3.59. The van der Waals surface area contributed by atoms with Crippen molar-refractivity contribution < 1.29 is 27.3 Å². The number of halogens is 1. The van der Waals surface area contributed by atoms with Crippen LogP contribution in [0.5, 0.6) is 0 Å². The van der Waals surface area contributed by atoms with E-state index in [1.54, 1.807) is 24.0 Å². The maximum atomic E-state index is 13.3. The molecule has 0 spiro atoms. The molecule has 0 aromatic carbocycles.